The van der Waals surface area contributed by atoms with E-state index in [0.29, 0.717) is 6.67 Å². The number of anilines is 2. The van der Waals surface area contributed by atoms with Crippen LogP contribution >= 0.6 is 11.8 Å². The van der Waals surface area contributed by atoms with Crippen LogP contribution in [0.5, 0.6) is 0 Å². The number of rotatable bonds is 2. The normalized spacial score (nSPS) is 12.9. The van der Waals surface area contributed by atoms with Gasteiger partial charge in [-0.15, -0.1) is 5.10 Å². The minimum atomic E-state index is 0.634. The molecule has 5 rings (SSSR count). The Morgan fingerprint density at radius 1 is 0.750 bits per heavy atom. The van der Waals surface area contributed by atoms with Gasteiger partial charge in [-0.25, -0.2) is 4.68 Å². The topological polar surface area (TPSA) is 34.0 Å². The molecule has 1 aliphatic heterocycles. The fraction of sp³-hybridized carbons (Fsp3) is 0.0526. The van der Waals surface area contributed by atoms with Crippen molar-refractivity contribution in [3.63, 3.8) is 0 Å². The fourth-order valence-electron chi connectivity index (χ4n) is 3.09. The molecule has 1 aromatic heterocycles. The van der Waals surface area contributed by atoms with Crippen LogP contribution in [0.1, 0.15) is 0 Å². The zero-order valence-corrected chi connectivity index (χ0v) is 13.6. The molecule has 0 N–H and O–H groups in total. The van der Waals surface area contributed by atoms with Crippen LogP contribution in [0.3, 0.4) is 0 Å². The molecule has 0 fully saturated rings. The van der Waals surface area contributed by atoms with Crippen LogP contribution in [0.15, 0.2) is 82.6 Å². The van der Waals surface area contributed by atoms with Gasteiger partial charge in [0.2, 0.25) is 0 Å². The molecule has 0 bridgehead atoms. The molecule has 0 amide bonds. The van der Waals surface area contributed by atoms with E-state index >= 15 is 0 Å². The highest BCUT2D eigenvalue weighted by Crippen LogP contribution is 2.48. The smallest absolute Gasteiger partial charge is 0.119 e. The molecule has 2 heterocycles. The van der Waals surface area contributed by atoms with Crippen LogP contribution in [0.2, 0.25) is 0 Å². The Morgan fingerprint density at radius 2 is 1.38 bits per heavy atom. The first kappa shape index (κ1) is 13.6. The molecule has 116 valence electrons. The summed E-state index contributed by atoms with van der Waals surface area (Å²) in [5.41, 5.74) is 4.39. The first-order valence-electron chi connectivity index (χ1n) is 7.82. The van der Waals surface area contributed by atoms with Crippen molar-refractivity contribution in [2.45, 2.75) is 16.5 Å². The molecule has 0 atom stereocenters. The second-order valence-corrected chi connectivity index (χ2v) is 6.77. The largest absolute Gasteiger partial charge is 0.319 e. The van der Waals surface area contributed by atoms with Gasteiger partial charge in [-0.2, -0.15) is 0 Å². The summed E-state index contributed by atoms with van der Waals surface area (Å²) in [6.45, 7) is 0.634. The average molecular weight is 330 g/mol. The molecule has 0 radical (unpaired) electrons. The second-order valence-electron chi connectivity index (χ2n) is 5.68. The van der Waals surface area contributed by atoms with E-state index in [2.05, 4.69) is 69.8 Å². The van der Waals surface area contributed by atoms with E-state index in [9.17, 15) is 0 Å². The van der Waals surface area contributed by atoms with E-state index in [1.54, 1.807) is 0 Å². The van der Waals surface area contributed by atoms with E-state index in [4.69, 9.17) is 0 Å². The van der Waals surface area contributed by atoms with E-state index in [1.165, 1.54) is 21.2 Å². The van der Waals surface area contributed by atoms with Crippen LogP contribution in [-0.4, -0.2) is 15.0 Å². The molecule has 4 aromatic rings. The van der Waals surface area contributed by atoms with Crippen LogP contribution in [0, 0.1) is 0 Å². The molecule has 3 aromatic carbocycles. The van der Waals surface area contributed by atoms with Crippen molar-refractivity contribution >= 4 is 34.2 Å². The van der Waals surface area contributed by atoms with Crippen molar-refractivity contribution in [2.75, 3.05) is 4.90 Å². The van der Waals surface area contributed by atoms with E-state index < -0.39 is 0 Å². The number of para-hydroxylation sites is 3. The maximum absolute atomic E-state index is 4.35. The lowest BCUT2D eigenvalue weighted by Gasteiger charge is -2.32. The lowest BCUT2D eigenvalue weighted by atomic mass is 10.2. The van der Waals surface area contributed by atoms with Crippen molar-refractivity contribution in [2.24, 2.45) is 0 Å². The number of hydrogen-bond acceptors (Lipinski definition) is 4. The van der Waals surface area contributed by atoms with E-state index in [0.717, 1.165) is 11.0 Å². The second kappa shape index (κ2) is 5.39. The Hall–Kier alpha value is -2.79. The summed E-state index contributed by atoms with van der Waals surface area (Å²) in [5.74, 6) is 0. The summed E-state index contributed by atoms with van der Waals surface area (Å²) < 4.78 is 1.96. The fourth-order valence-corrected chi connectivity index (χ4v) is 4.19. The SMILES string of the molecule is c1ccc2c(c1)Sc1ccccc1N2Cn1nnc2ccccc21. The van der Waals surface area contributed by atoms with Gasteiger partial charge in [-0.3, -0.25) is 0 Å². The van der Waals surface area contributed by atoms with Crippen LogP contribution in [-0.2, 0) is 6.67 Å². The predicted octanol–water partition coefficient (Wildman–Crippen LogP) is 4.69. The minimum Gasteiger partial charge on any atom is -0.319 e. The molecule has 4 nitrogen and oxygen atoms in total. The monoisotopic (exact) mass is 330 g/mol. The molecule has 0 saturated heterocycles. The maximum Gasteiger partial charge on any atom is 0.119 e. The van der Waals surface area contributed by atoms with Crippen molar-refractivity contribution in [3.8, 4) is 0 Å². The van der Waals surface area contributed by atoms with Gasteiger partial charge in [-0.1, -0.05) is 53.4 Å². The molecule has 0 aliphatic carbocycles. The molecular formula is C19H14N4S. The van der Waals surface area contributed by atoms with Crippen LogP contribution in [0.25, 0.3) is 11.0 Å². The molecule has 0 unspecified atom stereocenters. The van der Waals surface area contributed by atoms with Crippen molar-refractivity contribution in [3.05, 3.63) is 72.8 Å². The highest BCUT2D eigenvalue weighted by molar-refractivity contribution is 7.99. The number of benzene rings is 3. The van der Waals surface area contributed by atoms with Crippen LogP contribution < -0.4 is 4.90 Å². The number of nitrogens with zero attached hydrogens (tertiary/aromatic N) is 4. The summed E-state index contributed by atoms with van der Waals surface area (Å²) in [6, 6.07) is 25.1. The first-order valence-corrected chi connectivity index (χ1v) is 8.63. The highest BCUT2D eigenvalue weighted by atomic mass is 32.2. The maximum atomic E-state index is 4.35. The number of hydrogen-bond donors (Lipinski definition) is 0. The molecule has 0 saturated carbocycles. The summed E-state index contributed by atoms with van der Waals surface area (Å²) in [7, 11) is 0. The molecule has 1 aliphatic rings. The summed E-state index contributed by atoms with van der Waals surface area (Å²) in [5, 5.41) is 8.63. The van der Waals surface area contributed by atoms with E-state index in [1.807, 2.05) is 34.6 Å². The quantitative estimate of drug-likeness (QED) is 0.534. The molecule has 24 heavy (non-hydrogen) atoms. The Bertz CT molecular complexity index is 995. The third-order valence-corrected chi connectivity index (χ3v) is 5.36. The number of fused-ring (bicyclic) bond motifs is 3. The molecular weight excluding hydrogens is 316 g/mol. The van der Waals surface area contributed by atoms with Gasteiger partial charge in [0.25, 0.3) is 0 Å². The molecule has 0 spiro atoms. The average Bonchev–Trinajstić information content (AvgIpc) is 3.05. The van der Waals surface area contributed by atoms with Gasteiger partial charge in [0.1, 0.15) is 12.2 Å². The zero-order chi connectivity index (χ0) is 15.9. The van der Waals surface area contributed by atoms with Gasteiger partial charge in [0, 0.05) is 9.79 Å². The van der Waals surface area contributed by atoms with Gasteiger partial charge < -0.3 is 4.90 Å². The summed E-state index contributed by atoms with van der Waals surface area (Å²) in [6.07, 6.45) is 0. The Labute approximate surface area is 143 Å². The summed E-state index contributed by atoms with van der Waals surface area (Å²) in [4.78, 5) is 4.84. The van der Waals surface area contributed by atoms with Crippen molar-refractivity contribution < 1.29 is 0 Å². The highest BCUT2D eigenvalue weighted by Gasteiger charge is 2.23. The van der Waals surface area contributed by atoms with Gasteiger partial charge in [-0.05, 0) is 36.4 Å². The lowest BCUT2D eigenvalue weighted by molar-refractivity contribution is 0.609. The van der Waals surface area contributed by atoms with Crippen molar-refractivity contribution in [1.29, 1.82) is 0 Å². The minimum absolute atomic E-state index is 0.634. The standard InChI is InChI=1S/C19H14N4S/c1-2-8-15-14(7-1)20-21-23(15)13-22-16-9-3-5-11-18(16)24-19-12-6-4-10-17(19)22/h1-12H,13H2. The zero-order valence-electron chi connectivity index (χ0n) is 12.8. The third kappa shape index (κ3) is 2.09. The Morgan fingerprint density at radius 3 is 2.12 bits per heavy atom. The summed E-state index contributed by atoms with van der Waals surface area (Å²) >= 11 is 1.82. The number of aromatic nitrogens is 3. The lowest BCUT2D eigenvalue weighted by Crippen LogP contribution is -2.24. The Balaban J connectivity index is 1.65. The molecule has 5 heteroatoms. The predicted molar refractivity (Wildman–Crippen MR) is 96.7 cm³/mol. The van der Waals surface area contributed by atoms with Gasteiger partial charge in [0.15, 0.2) is 0 Å². The van der Waals surface area contributed by atoms with E-state index in [-0.39, 0.29) is 0 Å². The third-order valence-electron chi connectivity index (χ3n) is 4.23. The van der Waals surface area contributed by atoms with Gasteiger partial charge in [0.05, 0.1) is 16.9 Å². The Kier molecular flexibility index (Phi) is 3.06. The van der Waals surface area contributed by atoms with Gasteiger partial charge >= 0.3 is 0 Å². The van der Waals surface area contributed by atoms with Crippen LogP contribution in [0.4, 0.5) is 11.4 Å². The first-order chi connectivity index (χ1) is 11.9. The van der Waals surface area contributed by atoms with Crippen molar-refractivity contribution in [1.82, 2.24) is 15.0 Å².